The summed E-state index contributed by atoms with van der Waals surface area (Å²) in [4.78, 5) is 23.1. The summed E-state index contributed by atoms with van der Waals surface area (Å²) in [6, 6.07) is 1.61. The quantitative estimate of drug-likeness (QED) is 0.660. The lowest BCUT2D eigenvalue weighted by Crippen LogP contribution is -2.41. The van der Waals surface area contributed by atoms with Crippen LogP contribution in [0, 0.1) is 24.0 Å². The molecule has 0 fully saturated rings. The maximum Gasteiger partial charge on any atom is 0.329 e. The van der Waals surface area contributed by atoms with E-state index in [9.17, 15) is 18.4 Å². The zero-order valence-corrected chi connectivity index (χ0v) is 10.1. The summed E-state index contributed by atoms with van der Waals surface area (Å²) in [5, 5.41) is 2.29. The molecule has 1 N–H and O–H groups in total. The largest absolute Gasteiger partial charge is 0.467 e. The van der Waals surface area contributed by atoms with Gasteiger partial charge in [-0.15, -0.1) is 12.3 Å². The highest BCUT2D eigenvalue weighted by Gasteiger charge is 2.21. The fourth-order valence-electron chi connectivity index (χ4n) is 1.33. The molecule has 0 aliphatic rings. The van der Waals surface area contributed by atoms with Gasteiger partial charge in [0, 0.05) is 12.0 Å². The van der Waals surface area contributed by atoms with Gasteiger partial charge in [-0.1, -0.05) is 0 Å². The van der Waals surface area contributed by atoms with Crippen LogP contribution in [0.2, 0.25) is 0 Å². The molecular weight excluding hydrogens is 256 g/mol. The van der Waals surface area contributed by atoms with E-state index in [0.29, 0.717) is 0 Å². The molecule has 1 atom stereocenters. The van der Waals surface area contributed by atoms with E-state index >= 15 is 0 Å². The van der Waals surface area contributed by atoms with Crippen LogP contribution in [0.4, 0.5) is 8.78 Å². The second kappa shape index (κ2) is 6.50. The minimum absolute atomic E-state index is 0.0674. The first-order valence-corrected chi connectivity index (χ1v) is 5.26. The Labute approximate surface area is 108 Å². The Hall–Kier alpha value is -2.42. The van der Waals surface area contributed by atoms with Gasteiger partial charge >= 0.3 is 5.97 Å². The van der Waals surface area contributed by atoms with E-state index in [0.717, 1.165) is 25.3 Å². The van der Waals surface area contributed by atoms with Crippen LogP contribution in [0.15, 0.2) is 18.2 Å². The van der Waals surface area contributed by atoms with Crippen molar-refractivity contribution in [1.82, 2.24) is 5.32 Å². The topological polar surface area (TPSA) is 55.4 Å². The van der Waals surface area contributed by atoms with Crippen LogP contribution in [0.1, 0.15) is 16.8 Å². The molecular formula is C13H11F2NO3. The standard InChI is InChI=1S/C13H11F2NO3/c1-3-4-11(13(18)19-2)16-12(17)8-5-6-9(14)10(15)7-8/h1,5-7,11H,4H2,2H3,(H,16,17)/t11-/m0/s1. The van der Waals surface area contributed by atoms with Gasteiger partial charge in [0.2, 0.25) is 0 Å². The van der Waals surface area contributed by atoms with Gasteiger partial charge < -0.3 is 10.1 Å². The van der Waals surface area contributed by atoms with Crippen LogP contribution in [-0.2, 0) is 9.53 Å². The minimum Gasteiger partial charge on any atom is -0.467 e. The molecule has 0 aliphatic heterocycles. The van der Waals surface area contributed by atoms with E-state index in [4.69, 9.17) is 6.42 Å². The molecule has 1 aromatic carbocycles. The van der Waals surface area contributed by atoms with Gasteiger partial charge in [-0.25, -0.2) is 13.6 Å². The summed E-state index contributed by atoms with van der Waals surface area (Å²) in [5.41, 5.74) is -0.121. The Morgan fingerprint density at radius 2 is 2.11 bits per heavy atom. The van der Waals surface area contributed by atoms with Crippen LogP contribution in [0.3, 0.4) is 0 Å². The van der Waals surface area contributed by atoms with Crippen molar-refractivity contribution in [2.24, 2.45) is 0 Å². The lowest BCUT2D eigenvalue weighted by molar-refractivity contribution is -0.142. The van der Waals surface area contributed by atoms with Crippen molar-refractivity contribution in [2.45, 2.75) is 12.5 Å². The number of hydrogen-bond donors (Lipinski definition) is 1. The molecule has 4 nitrogen and oxygen atoms in total. The summed E-state index contributed by atoms with van der Waals surface area (Å²) >= 11 is 0. The van der Waals surface area contributed by atoms with E-state index in [1.807, 2.05) is 0 Å². The number of carbonyl (C=O) groups is 2. The highest BCUT2D eigenvalue weighted by Crippen LogP contribution is 2.09. The number of nitrogens with one attached hydrogen (secondary N) is 1. The Morgan fingerprint density at radius 3 is 2.63 bits per heavy atom. The first-order valence-electron chi connectivity index (χ1n) is 5.26. The van der Waals surface area contributed by atoms with Gasteiger partial charge in [0.1, 0.15) is 6.04 Å². The van der Waals surface area contributed by atoms with Gasteiger partial charge in [-0.3, -0.25) is 4.79 Å². The molecule has 0 saturated carbocycles. The number of ether oxygens (including phenoxy) is 1. The monoisotopic (exact) mass is 267 g/mol. The predicted octanol–water partition coefficient (Wildman–Crippen LogP) is 1.26. The molecule has 1 rings (SSSR count). The van der Waals surface area contributed by atoms with Gasteiger partial charge in [0.05, 0.1) is 7.11 Å². The maximum atomic E-state index is 13.0. The van der Waals surface area contributed by atoms with Crippen LogP contribution in [-0.4, -0.2) is 25.0 Å². The number of carbonyl (C=O) groups excluding carboxylic acids is 2. The van der Waals surface area contributed by atoms with Crippen molar-refractivity contribution in [1.29, 1.82) is 0 Å². The van der Waals surface area contributed by atoms with Crippen LogP contribution >= 0.6 is 0 Å². The second-order valence-corrected chi connectivity index (χ2v) is 3.59. The van der Waals surface area contributed by atoms with E-state index in [1.165, 1.54) is 0 Å². The number of hydrogen-bond acceptors (Lipinski definition) is 3. The minimum atomic E-state index is -1.15. The average Bonchev–Trinajstić information content (AvgIpc) is 2.40. The fraction of sp³-hybridized carbons (Fsp3) is 0.231. The Kier molecular flexibility index (Phi) is 5.01. The maximum absolute atomic E-state index is 13.0. The van der Waals surface area contributed by atoms with E-state index in [1.54, 1.807) is 0 Å². The highest BCUT2D eigenvalue weighted by atomic mass is 19.2. The number of benzene rings is 1. The molecule has 100 valence electrons. The smallest absolute Gasteiger partial charge is 0.329 e. The molecule has 6 heteroatoms. The molecule has 0 unspecified atom stereocenters. The third-order valence-electron chi connectivity index (χ3n) is 2.29. The zero-order chi connectivity index (χ0) is 14.4. The first kappa shape index (κ1) is 14.6. The van der Waals surface area contributed by atoms with Gasteiger partial charge in [0.15, 0.2) is 11.6 Å². The van der Waals surface area contributed by atoms with Gasteiger partial charge in [-0.2, -0.15) is 0 Å². The molecule has 0 radical (unpaired) electrons. The molecule has 1 aromatic rings. The van der Waals surface area contributed by atoms with E-state index < -0.39 is 29.6 Å². The number of halogens is 2. The van der Waals surface area contributed by atoms with E-state index in [2.05, 4.69) is 16.0 Å². The summed E-state index contributed by atoms with van der Waals surface area (Å²) in [6.45, 7) is 0. The van der Waals surface area contributed by atoms with Crippen molar-refractivity contribution in [2.75, 3.05) is 7.11 Å². The van der Waals surface area contributed by atoms with Crippen LogP contribution in [0.25, 0.3) is 0 Å². The van der Waals surface area contributed by atoms with Crippen molar-refractivity contribution in [3.8, 4) is 12.3 Å². The average molecular weight is 267 g/mol. The summed E-state index contributed by atoms with van der Waals surface area (Å²) < 4.78 is 30.2. The summed E-state index contributed by atoms with van der Waals surface area (Å²) in [7, 11) is 1.15. The number of rotatable bonds is 4. The third-order valence-corrected chi connectivity index (χ3v) is 2.29. The Balaban J connectivity index is 2.85. The van der Waals surface area contributed by atoms with Crippen molar-refractivity contribution in [3.63, 3.8) is 0 Å². The molecule has 0 bridgehead atoms. The normalized spacial score (nSPS) is 11.3. The molecule has 0 saturated heterocycles. The fourth-order valence-corrected chi connectivity index (χ4v) is 1.33. The lowest BCUT2D eigenvalue weighted by Gasteiger charge is -2.14. The van der Waals surface area contributed by atoms with Crippen molar-refractivity contribution in [3.05, 3.63) is 35.4 Å². The molecule has 19 heavy (non-hydrogen) atoms. The number of esters is 1. The zero-order valence-electron chi connectivity index (χ0n) is 10.1. The molecule has 0 aromatic heterocycles. The summed E-state index contributed by atoms with van der Waals surface area (Å²) in [5.74, 6) is -1.47. The van der Waals surface area contributed by atoms with Crippen molar-refractivity contribution >= 4 is 11.9 Å². The van der Waals surface area contributed by atoms with Crippen LogP contribution in [0.5, 0.6) is 0 Å². The number of terminal acetylenes is 1. The summed E-state index contributed by atoms with van der Waals surface area (Å²) in [6.07, 6.45) is 4.99. The number of amides is 1. The predicted molar refractivity (Wildman–Crippen MR) is 63.1 cm³/mol. The molecule has 0 spiro atoms. The SMILES string of the molecule is C#CC[C@H](NC(=O)c1ccc(F)c(F)c1)C(=O)OC. The van der Waals surface area contributed by atoms with Crippen LogP contribution < -0.4 is 5.32 Å². The first-order chi connectivity index (χ1) is 8.99. The highest BCUT2D eigenvalue weighted by molar-refractivity contribution is 5.96. The molecule has 0 aliphatic carbocycles. The third kappa shape index (κ3) is 3.78. The van der Waals surface area contributed by atoms with Gasteiger partial charge in [-0.05, 0) is 18.2 Å². The molecule has 1 amide bonds. The Bertz CT molecular complexity index is 537. The van der Waals surface area contributed by atoms with Crippen molar-refractivity contribution < 1.29 is 23.1 Å². The Morgan fingerprint density at radius 1 is 1.42 bits per heavy atom. The van der Waals surface area contributed by atoms with Gasteiger partial charge in [0.25, 0.3) is 5.91 Å². The number of methoxy groups -OCH3 is 1. The molecule has 0 heterocycles. The second-order valence-electron chi connectivity index (χ2n) is 3.59. The van der Waals surface area contributed by atoms with E-state index in [-0.39, 0.29) is 12.0 Å². The lowest BCUT2D eigenvalue weighted by atomic mass is 10.1.